The Balaban J connectivity index is 1.93. The summed E-state index contributed by atoms with van der Waals surface area (Å²) in [6, 6.07) is 0. The number of unbranched alkanes of at least 4 members (excludes halogenated alkanes) is 7. The van der Waals surface area contributed by atoms with E-state index in [0.29, 0.717) is 6.61 Å². The van der Waals surface area contributed by atoms with Crippen LogP contribution in [-0.4, -0.2) is 59.6 Å². The Labute approximate surface area is 146 Å². The molecule has 0 bridgehead atoms. The van der Waals surface area contributed by atoms with Crippen molar-refractivity contribution in [1.29, 1.82) is 0 Å². The zero-order valence-electron chi connectivity index (χ0n) is 15.1. The minimum absolute atomic E-state index is 0.218. The lowest BCUT2D eigenvalue weighted by molar-refractivity contribution is -0.208. The van der Waals surface area contributed by atoms with Gasteiger partial charge in [0.15, 0.2) is 0 Å². The van der Waals surface area contributed by atoms with Gasteiger partial charge in [-0.3, -0.25) is 0 Å². The molecule has 0 unspecified atom stereocenters. The summed E-state index contributed by atoms with van der Waals surface area (Å²) >= 11 is 0. The molecule has 1 saturated heterocycles. The molecule has 0 saturated carbocycles. The van der Waals surface area contributed by atoms with Crippen LogP contribution < -0.4 is 0 Å². The van der Waals surface area contributed by atoms with E-state index in [1.807, 2.05) is 0 Å². The molecule has 0 radical (unpaired) electrons. The third-order valence-corrected chi connectivity index (χ3v) is 4.52. The van der Waals surface area contributed by atoms with Crippen molar-refractivity contribution < 1.29 is 24.8 Å². The van der Waals surface area contributed by atoms with E-state index in [4.69, 9.17) is 14.6 Å². The molecule has 0 aromatic carbocycles. The molecular formula is C19H36O5. The summed E-state index contributed by atoms with van der Waals surface area (Å²) in [5, 5.41) is 28.7. The standard InChI is InChI=1S/C19H36O5/c1-2-3-4-5-6-7-8-9-10-11-12-13-23-17-15-24-16(14-20)18(21)19(17)22/h3-4,16-22H,2,5-15H2,1H3/b4-3+/t16-,17+,18-,19-/m0/s1. The number of ether oxygens (including phenoxy) is 2. The average molecular weight is 344 g/mol. The first-order valence-electron chi connectivity index (χ1n) is 9.55. The SMILES string of the molecule is CC/C=C/CCCCCCCCCO[C@@H]1CO[C@@H](CO)[C@H](O)[C@H]1O. The molecule has 1 aliphatic rings. The molecule has 142 valence electrons. The molecule has 1 aliphatic heterocycles. The number of aliphatic hydroxyl groups is 3. The predicted molar refractivity (Wildman–Crippen MR) is 94.9 cm³/mol. The van der Waals surface area contributed by atoms with E-state index in [1.54, 1.807) is 0 Å². The van der Waals surface area contributed by atoms with Gasteiger partial charge in [-0.05, 0) is 25.7 Å². The molecule has 1 rings (SSSR count). The maximum Gasteiger partial charge on any atom is 0.111 e. The zero-order valence-corrected chi connectivity index (χ0v) is 15.1. The van der Waals surface area contributed by atoms with Crippen LogP contribution in [0.1, 0.15) is 64.7 Å². The van der Waals surface area contributed by atoms with Crippen molar-refractivity contribution in [2.24, 2.45) is 0 Å². The zero-order chi connectivity index (χ0) is 17.6. The third-order valence-electron chi connectivity index (χ3n) is 4.52. The van der Waals surface area contributed by atoms with E-state index in [9.17, 15) is 10.2 Å². The van der Waals surface area contributed by atoms with Crippen LogP contribution in [0.2, 0.25) is 0 Å². The van der Waals surface area contributed by atoms with E-state index in [-0.39, 0.29) is 13.2 Å². The maximum absolute atomic E-state index is 9.95. The van der Waals surface area contributed by atoms with Gasteiger partial charge in [-0.15, -0.1) is 0 Å². The van der Waals surface area contributed by atoms with Gasteiger partial charge in [0.2, 0.25) is 0 Å². The fourth-order valence-corrected chi connectivity index (χ4v) is 2.93. The van der Waals surface area contributed by atoms with Gasteiger partial charge in [-0.25, -0.2) is 0 Å². The van der Waals surface area contributed by atoms with Crippen molar-refractivity contribution in [1.82, 2.24) is 0 Å². The van der Waals surface area contributed by atoms with Crippen LogP contribution in [0.25, 0.3) is 0 Å². The highest BCUT2D eigenvalue weighted by atomic mass is 16.6. The molecular weight excluding hydrogens is 308 g/mol. The second-order valence-corrected chi connectivity index (χ2v) is 6.59. The lowest BCUT2D eigenvalue weighted by atomic mass is 10.0. The highest BCUT2D eigenvalue weighted by Gasteiger charge is 2.38. The highest BCUT2D eigenvalue weighted by Crippen LogP contribution is 2.18. The van der Waals surface area contributed by atoms with Gasteiger partial charge in [0.1, 0.15) is 24.4 Å². The smallest absolute Gasteiger partial charge is 0.111 e. The summed E-state index contributed by atoms with van der Waals surface area (Å²) < 4.78 is 10.9. The van der Waals surface area contributed by atoms with Gasteiger partial charge in [0.25, 0.3) is 0 Å². The molecule has 5 nitrogen and oxygen atoms in total. The summed E-state index contributed by atoms with van der Waals surface area (Å²) in [5.74, 6) is 0. The Morgan fingerprint density at radius 1 is 0.958 bits per heavy atom. The van der Waals surface area contributed by atoms with Crippen LogP contribution in [0, 0.1) is 0 Å². The molecule has 1 fully saturated rings. The van der Waals surface area contributed by atoms with Gasteiger partial charge in [0.05, 0.1) is 13.2 Å². The number of rotatable bonds is 13. The molecule has 4 atom stereocenters. The van der Waals surface area contributed by atoms with Crippen LogP contribution in [0.4, 0.5) is 0 Å². The van der Waals surface area contributed by atoms with Gasteiger partial charge in [-0.1, -0.05) is 51.2 Å². The highest BCUT2D eigenvalue weighted by molar-refractivity contribution is 4.87. The largest absolute Gasteiger partial charge is 0.394 e. The lowest BCUT2D eigenvalue weighted by Gasteiger charge is -2.36. The van der Waals surface area contributed by atoms with Crippen molar-refractivity contribution >= 4 is 0 Å². The van der Waals surface area contributed by atoms with Crippen molar-refractivity contribution in [3.8, 4) is 0 Å². The summed E-state index contributed by atoms with van der Waals surface area (Å²) in [4.78, 5) is 0. The fraction of sp³-hybridized carbons (Fsp3) is 0.895. The molecule has 0 aliphatic carbocycles. The Kier molecular flexibility index (Phi) is 12.4. The quantitative estimate of drug-likeness (QED) is 0.353. The summed E-state index contributed by atoms with van der Waals surface area (Å²) in [5.41, 5.74) is 0. The second kappa shape index (κ2) is 13.8. The van der Waals surface area contributed by atoms with Crippen molar-refractivity contribution in [3.05, 3.63) is 12.2 Å². The van der Waals surface area contributed by atoms with E-state index >= 15 is 0 Å². The summed E-state index contributed by atoms with van der Waals surface area (Å²) in [6.07, 6.45) is 12.0. The monoisotopic (exact) mass is 344 g/mol. The van der Waals surface area contributed by atoms with Gasteiger partial charge in [0, 0.05) is 6.61 Å². The first-order valence-corrected chi connectivity index (χ1v) is 9.55. The lowest BCUT2D eigenvalue weighted by Crippen LogP contribution is -2.55. The number of allylic oxidation sites excluding steroid dienone is 2. The van der Waals surface area contributed by atoms with Crippen LogP contribution in [-0.2, 0) is 9.47 Å². The van der Waals surface area contributed by atoms with E-state index in [2.05, 4.69) is 19.1 Å². The van der Waals surface area contributed by atoms with Crippen LogP contribution in [0.5, 0.6) is 0 Å². The van der Waals surface area contributed by atoms with Gasteiger partial charge < -0.3 is 24.8 Å². The minimum Gasteiger partial charge on any atom is -0.394 e. The Morgan fingerprint density at radius 3 is 2.29 bits per heavy atom. The fourth-order valence-electron chi connectivity index (χ4n) is 2.93. The van der Waals surface area contributed by atoms with Crippen LogP contribution in [0.15, 0.2) is 12.2 Å². The Morgan fingerprint density at radius 2 is 1.62 bits per heavy atom. The van der Waals surface area contributed by atoms with Gasteiger partial charge in [-0.2, -0.15) is 0 Å². The molecule has 0 amide bonds. The van der Waals surface area contributed by atoms with Crippen molar-refractivity contribution in [2.45, 2.75) is 89.1 Å². The maximum atomic E-state index is 9.95. The number of hydrogen-bond acceptors (Lipinski definition) is 5. The molecule has 24 heavy (non-hydrogen) atoms. The first kappa shape index (κ1) is 21.6. The Hall–Kier alpha value is -0.460. The first-order chi connectivity index (χ1) is 11.7. The average Bonchev–Trinajstić information content (AvgIpc) is 2.59. The van der Waals surface area contributed by atoms with E-state index in [0.717, 1.165) is 19.3 Å². The molecule has 1 heterocycles. The molecule has 0 aromatic rings. The minimum atomic E-state index is -1.08. The van der Waals surface area contributed by atoms with Crippen LogP contribution >= 0.6 is 0 Å². The normalized spacial score (nSPS) is 27.8. The predicted octanol–water partition coefficient (Wildman–Crippen LogP) is 2.57. The van der Waals surface area contributed by atoms with E-state index < -0.39 is 24.4 Å². The molecule has 5 heteroatoms. The van der Waals surface area contributed by atoms with Crippen LogP contribution in [0.3, 0.4) is 0 Å². The van der Waals surface area contributed by atoms with Crippen molar-refractivity contribution in [2.75, 3.05) is 19.8 Å². The molecule has 3 N–H and O–H groups in total. The van der Waals surface area contributed by atoms with E-state index in [1.165, 1.54) is 38.5 Å². The second-order valence-electron chi connectivity index (χ2n) is 6.59. The molecule has 0 spiro atoms. The van der Waals surface area contributed by atoms with Gasteiger partial charge >= 0.3 is 0 Å². The number of hydrogen-bond donors (Lipinski definition) is 3. The molecule has 0 aromatic heterocycles. The Bertz CT molecular complexity index is 321. The topological polar surface area (TPSA) is 79.2 Å². The number of aliphatic hydroxyl groups excluding tert-OH is 3. The summed E-state index contributed by atoms with van der Waals surface area (Å²) in [6.45, 7) is 2.66. The van der Waals surface area contributed by atoms with Crippen molar-refractivity contribution in [3.63, 3.8) is 0 Å². The third kappa shape index (κ3) is 8.58. The summed E-state index contributed by atoms with van der Waals surface area (Å²) in [7, 11) is 0.